The van der Waals surface area contributed by atoms with E-state index in [4.69, 9.17) is 9.47 Å². The fraction of sp³-hybridized carbons (Fsp3) is 0.909. The van der Waals surface area contributed by atoms with E-state index in [0.29, 0.717) is 18.9 Å². The normalized spacial score (nSPS) is 23.9. The predicted octanol–water partition coefficient (Wildman–Crippen LogP) is 0.953. The molecule has 1 aliphatic heterocycles. The molecular formula is C11H21NO3. The third-order valence-corrected chi connectivity index (χ3v) is 2.67. The number of rotatable bonds is 4. The van der Waals surface area contributed by atoms with E-state index in [0.717, 1.165) is 13.2 Å². The number of ether oxygens (including phenoxy) is 2. The lowest BCUT2D eigenvalue weighted by Gasteiger charge is -2.24. The first-order valence-corrected chi connectivity index (χ1v) is 5.60. The van der Waals surface area contributed by atoms with E-state index in [1.807, 2.05) is 20.8 Å². The molecule has 0 bridgehead atoms. The van der Waals surface area contributed by atoms with Crippen molar-refractivity contribution in [3.63, 3.8) is 0 Å². The van der Waals surface area contributed by atoms with E-state index in [-0.39, 0.29) is 18.1 Å². The minimum Gasteiger partial charge on any atom is -0.462 e. The summed E-state index contributed by atoms with van der Waals surface area (Å²) in [4.78, 5) is 11.5. The second kappa shape index (κ2) is 6.08. The highest BCUT2D eigenvalue weighted by molar-refractivity contribution is 5.70. The molecule has 0 saturated carbocycles. The van der Waals surface area contributed by atoms with Gasteiger partial charge in [0.1, 0.15) is 6.10 Å². The average Bonchev–Trinajstić information content (AvgIpc) is 2.18. The first-order valence-electron chi connectivity index (χ1n) is 5.60. The maximum Gasteiger partial charge on any atom is 0.307 e. The van der Waals surface area contributed by atoms with Gasteiger partial charge in [-0.3, -0.25) is 4.79 Å². The van der Waals surface area contributed by atoms with Crippen LogP contribution in [0, 0.1) is 5.92 Å². The molecule has 0 aromatic carbocycles. The highest BCUT2D eigenvalue weighted by Crippen LogP contribution is 2.08. The third-order valence-electron chi connectivity index (χ3n) is 2.67. The minimum atomic E-state index is -0.140. The predicted molar refractivity (Wildman–Crippen MR) is 57.6 cm³/mol. The quantitative estimate of drug-likeness (QED) is 0.709. The molecule has 15 heavy (non-hydrogen) atoms. The number of carbonyl (C=O) groups is 1. The number of nitrogens with one attached hydrogen (secondary N) is 1. The summed E-state index contributed by atoms with van der Waals surface area (Å²) in [5.74, 6) is 0.226. The van der Waals surface area contributed by atoms with Gasteiger partial charge in [-0.15, -0.1) is 0 Å². The summed E-state index contributed by atoms with van der Waals surface area (Å²) in [5.41, 5.74) is 0. The molecule has 0 aromatic heterocycles. The highest BCUT2D eigenvalue weighted by atomic mass is 16.5. The summed E-state index contributed by atoms with van der Waals surface area (Å²) in [7, 11) is 0. The van der Waals surface area contributed by atoms with Crippen molar-refractivity contribution in [2.45, 2.75) is 39.3 Å². The van der Waals surface area contributed by atoms with Crippen molar-refractivity contribution in [3.05, 3.63) is 0 Å². The molecule has 0 amide bonds. The number of hydrogen-bond donors (Lipinski definition) is 1. The molecule has 0 aromatic rings. The molecule has 1 saturated heterocycles. The van der Waals surface area contributed by atoms with Crippen LogP contribution in [0.5, 0.6) is 0 Å². The van der Waals surface area contributed by atoms with E-state index >= 15 is 0 Å². The summed E-state index contributed by atoms with van der Waals surface area (Å²) in [6.07, 6.45) is 0.388. The van der Waals surface area contributed by atoms with Gasteiger partial charge in [0.05, 0.1) is 19.6 Å². The molecule has 0 spiro atoms. The van der Waals surface area contributed by atoms with Crippen LogP contribution in [-0.4, -0.2) is 37.9 Å². The molecule has 2 atom stereocenters. The van der Waals surface area contributed by atoms with Gasteiger partial charge in [0, 0.05) is 12.6 Å². The molecule has 4 nitrogen and oxygen atoms in total. The van der Waals surface area contributed by atoms with Crippen molar-refractivity contribution < 1.29 is 14.3 Å². The number of esters is 1. The third kappa shape index (κ3) is 4.62. The van der Waals surface area contributed by atoms with Gasteiger partial charge in [-0.05, 0) is 12.8 Å². The Morgan fingerprint density at radius 3 is 2.80 bits per heavy atom. The first kappa shape index (κ1) is 12.5. The molecule has 2 unspecified atom stereocenters. The Balaban J connectivity index is 2.22. The molecule has 1 fully saturated rings. The van der Waals surface area contributed by atoms with Crippen molar-refractivity contribution in [2.24, 2.45) is 5.92 Å². The second-order valence-corrected chi connectivity index (χ2v) is 4.37. The lowest BCUT2D eigenvalue weighted by atomic mass is 10.1. The zero-order chi connectivity index (χ0) is 11.3. The first-order chi connectivity index (χ1) is 7.09. The fourth-order valence-corrected chi connectivity index (χ4v) is 1.34. The molecule has 1 rings (SSSR count). The zero-order valence-electron chi connectivity index (χ0n) is 9.79. The van der Waals surface area contributed by atoms with Gasteiger partial charge < -0.3 is 14.8 Å². The lowest BCUT2D eigenvalue weighted by molar-refractivity contribution is -0.151. The molecule has 1 aliphatic rings. The zero-order valence-corrected chi connectivity index (χ0v) is 9.79. The Morgan fingerprint density at radius 1 is 1.53 bits per heavy atom. The van der Waals surface area contributed by atoms with Crippen LogP contribution in [0.1, 0.15) is 27.2 Å². The number of morpholine rings is 1. The van der Waals surface area contributed by atoms with Gasteiger partial charge in [0.2, 0.25) is 0 Å². The topological polar surface area (TPSA) is 47.6 Å². The second-order valence-electron chi connectivity index (χ2n) is 4.37. The van der Waals surface area contributed by atoms with Crippen molar-refractivity contribution in [2.75, 3.05) is 19.8 Å². The molecule has 1 heterocycles. The SMILES string of the molecule is CC(C)C(C)OC(=O)CC1COCCN1. The largest absolute Gasteiger partial charge is 0.462 e. The Bertz CT molecular complexity index is 200. The maximum absolute atomic E-state index is 11.5. The smallest absolute Gasteiger partial charge is 0.307 e. The fourth-order valence-electron chi connectivity index (χ4n) is 1.34. The van der Waals surface area contributed by atoms with Crippen LogP contribution >= 0.6 is 0 Å². The molecule has 4 heteroatoms. The Labute approximate surface area is 91.3 Å². The van der Waals surface area contributed by atoms with E-state index in [1.54, 1.807) is 0 Å². The van der Waals surface area contributed by atoms with Crippen LogP contribution < -0.4 is 5.32 Å². The van der Waals surface area contributed by atoms with Gasteiger partial charge in [-0.1, -0.05) is 13.8 Å². The van der Waals surface area contributed by atoms with Crippen molar-refractivity contribution in [1.82, 2.24) is 5.32 Å². The van der Waals surface area contributed by atoms with Crippen molar-refractivity contribution in [1.29, 1.82) is 0 Å². The van der Waals surface area contributed by atoms with Gasteiger partial charge in [-0.2, -0.15) is 0 Å². The summed E-state index contributed by atoms with van der Waals surface area (Å²) in [5, 5.41) is 3.23. The lowest BCUT2D eigenvalue weighted by Crippen LogP contribution is -2.43. The van der Waals surface area contributed by atoms with Gasteiger partial charge in [0.15, 0.2) is 0 Å². The summed E-state index contributed by atoms with van der Waals surface area (Å²) in [6.45, 7) is 8.16. The van der Waals surface area contributed by atoms with Crippen LogP contribution in [0.25, 0.3) is 0 Å². The molecular weight excluding hydrogens is 194 g/mol. The van der Waals surface area contributed by atoms with Gasteiger partial charge >= 0.3 is 5.97 Å². The van der Waals surface area contributed by atoms with E-state index in [2.05, 4.69) is 5.32 Å². The molecule has 88 valence electrons. The van der Waals surface area contributed by atoms with Crippen LogP contribution in [0.4, 0.5) is 0 Å². The average molecular weight is 215 g/mol. The van der Waals surface area contributed by atoms with Crippen LogP contribution in [0.2, 0.25) is 0 Å². The minimum absolute atomic E-state index is 0.0120. The number of hydrogen-bond acceptors (Lipinski definition) is 4. The Morgan fingerprint density at radius 2 is 2.27 bits per heavy atom. The standard InChI is InChI=1S/C11H21NO3/c1-8(2)9(3)15-11(13)6-10-7-14-5-4-12-10/h8-10,12H,4-7H2,1-3H3. The van der Waals surface area contributed by atoms with Crippen molar-refractivity contribution >= 4 is 5.97 Å². The van der Waals surface area contributed by atoms with E-state index < -0.39 is 0 Å². The van der Waals surface area contributed by atoms with E-state index in [9.17, 15) is 4.79 Å². The maximum atomic E-state index is 11.5. The summed E-state index contributed by atoms with van der Waals surface area (Å²) < 4.78 is 10.5. The molecule has 0 radical (unpaired) electrons. The van der Waals surface area contributed by atoms with Crippen LogP contribution in [0.3, 0.4) is 0 Å². The van der Waals surface area contributed by atoms with Crippen LogP contribution in [0.15, 0.2) is 0 Å². The van der Waals surface area contributed by atoms with Crippen LogP contribution in [-0.2, 0) is 14.3 Å². The van der Waals surface area contributed by atoms with Crippen molar-refractivity contribution in [3.8, 4) is 0 Å². The molecule has 1 N–H and O–H groups in total. The summed E-state index contributed by atoms with van der Waals surface area (Å²) in [6, 6.07) is 0.116. The Hall–Kier alpha value is -0.610. The Kier molecular flexibility index (Phi) is 5.05. The highest BCUT2D eigenvalue weighted by Gasteiger charge is 2.20. The number of carbonyl (C=O) groups excluding carboxylic acids is 1. The van der Waals surface area contributed by atoms with Gasteiger partial charge in [-0.25, -0.2) is 0 Å². The summed E-state index contributed by atoms with van der Waals surface area (Å²) >= 11 is 0. The van der Waals surface area contributed by atoms with Gasteiger partial charge in [0.25, 0.3) is 0 Å². The molecule has 0 aliphatic carbocycles. The monoisotopic (exact) mass is 215 g/mol. The van der Waals surface area contributed by atoms with E-state index in [1.165, 1.54) is 0 Å².